The Kier molecular flexibility index (Phi) is 6.52. The molecule has 1 aromatic carbocycles. The molecule has 1 fully saturated rings. The van der Waals surface area contributed by atoms with Gasteiger partial charge in [0.1, 0.15) is 5.56 Å². The predicted octanol–water partition coefficient (Wildman–Crippen LogP) is 4.57. The molecular weight excluding hydrogens is 422 g/mol. The molecule has 1 aromatic heterocycles. The highest BCUT2D eigenvalue weighted by atomic mass is 16.5. The lowest BCUT2D eigenvalue weighted by Crippen LogP contribution is -2.32. The molecule has 7 nitrogen and oxygen atoms in total. The maximum Gasteiger partial charge on any atom is 0.343 e. The van der Waals surface area contributed by atoms with Gasteiger partial charge in [0, 0.05) is 49.9 Å². The Balaban J connectivity index is 1.86. The van der Waals surface area contributed by atoms with Gasteiger partial charge in [0.15, 0.2) is 16.9 Å². The van der Waals surface area contributed by atoms with Gasteiger partial charge in [0.25, 0.3) is 0 Å². The first kappa shape index (κ1) is 23.4. The summed E-state index contributed by atoms with van der Waals surface area (Å²) in [7, 11) is 3.29. The summed E-state index contributed by atoms with van der Waals surface area (Å²) in [5.41, 5.74) is 2.65. The zero-order chi connectivity index (χ0) is 23.8. The molecule has 1 unspecified atom stereocenters. The molecule has 1 saturated carbocycles. The minimum Gasteiger partial charge on any atom is -0.493 e. The number of hydrogen-bond acceptors (Lipinski definition) is 6. The molecule has 0 radical (unpaired) electrons. The van der Waals surface area contributed by atoms with Gasteiger partial charge in [-0.1, -0.05) is 13.8 Å². The van der Waals surface area contributed by atoms with Crippen molar-refractivity contribution in [1.29, 1.82) is 0 Å². The first-order valence-electron chi connectivity index (χ1n) is 11.6. The van der Waals surface area contributed by atoms with E-state index in [1.165, 1.54) is 0 Å². The molecule has 0 saturated heterocycles. The molecule has 2 atom stereocenters. The molecule has 1 aliphatic heterocycles. The molecule has 0 bridgehead atoms. The number of carbonyl (C=O) groups is 1. The Bertz CT molecular complexity index is 1100. The van der Waals surface area contributed by atoms with Crippen LogP contribution in [0.5, 0.6) is 11.5 Å². The van der Waals surface area contributed by atoms with E-state index in [0.29, 0.717) is 24.7 Å². The molecule has 0 N–H and O–H groups in total. The lowest BCUT2D eigenvalue weighted by molar-refractivity contribution is 0.0523. The van der Waals surface area contributed by atoms with Crippen LogP contribution in [-0.4, -0.2) is 44.6 Å². The molecule has 178 valence electrons. The van der Waals surface area contributed by atoms with Crippen molar-refractivity contribution in [3.05, 3.63) is 45.7 Å². The van der Waals surface area contributed by atoms with E-state index in [1.807, 2.05) is 6.07 Å². The lowest BCUT2D eigenvalue weighted by atomic mass is 9.77. The second kappa shape index (κ2) is 9.21. The van der Waals surface area contributed by atoms with Crippen LogP contribution in [0.25, 0.3) is 11.3 Å². The molecule has 4 rings (SSSR count). The van der Waals surface area contributed by atoms with Crippen LogP contribution in [0.4, 0.5) is 0 Å². The van der Waals surface area contributed by atoms with Gasteiger partial charge in [-0.25, -0.2) is 4.79 Å². The highest BCUT2D eigenvalue weighted by molar-refractivity contribution is 5.89. The first-order chi connectivity index (χ1) is 15.8. The molecule has 0 spiro atoms. The summed E-state index contributed by atoms with van der Waals surface area (Å²) in [5, 5.41) is 0. The zero-order valence-corrected chi connectivity index (χ0v) is 20.1. The summed E-state index contributed by atoms with van der Waals surface area (Å²) >= 11 is 0. The molecule has 0 amide bonds. The van der Waals surface area contributed by atoms with Crippen molar-refractivity contribution < 1.29 is 23.7 Å². The normalized spacial score (nSPS) is 19.9. The molecular formula is C26H33NO6. The first-order valence-corrected chi connectivity index (χ1v) is 11.6. The SMILES string of the molecule is CCOC(=O)c1cn2c(cc1=O)-c1cc(OC)c(OCCCOC)cc1[C@H]1CCC(C)(C)C12. The van der Waals surface area contributed by atoms with Crippen LogP contribution >= 0.6 is 0 Å². The lowest BCUT2D eigenvalue weighted by Gasteiger charge is -2.40. The van der Waals surface area contributed by atoms with E-state index >= 15 is 0 Å². The standard InChI is InChI=1S/C26H33NO6/c1-6-32-25(29)19-15-27-20(14-21(19)28)18-13-22(31-5)23(33-11-7-10-30-4)12-17(18)16-8-9-26(2,3)24(16)27/h12-16,24H,6-11H2,1-5H3/t16-,24?/m1/s1. The Morgan fingerprint density at radius 2 is 1.94 bits per heavy atom. The van der Waals surface area contributed by atoms with Crippen LogP contribution in [0.15, 0.2) is 29.2 Å². The number of pyridine rings is 1. The van der Waals surface area contributed by atoms with Gasteiger partial charge in [0.05, 0.1) is 26.0 Å². The minimum atomic E-state index is -0.576. The van der Waals surface area contributed by atoms with Crippen LogP contribution in [0.2, 0.25) is 0 Å². The van der Waals surface area contributed by atoms with Crippen LogP contribution in [-0.2, 0) is 9.47 Å². The van der Waals surface area contributed by atoms with Crippen LogP contribution in [0.1, 0.15) is 67.9 Å². The van der Waals surface area contributed by atoms with Gasteiger partial charge >= 0.3 is 5.97 Å². The Morgan fingerprint density at radius 3 is 2.64 bits per heavy atom. The zero-order valence-electron chi connectivity index (χ0n) is 20.1. The van der Waals surface area contributed by atoms with E-state index in [-0.39, 0.29) is 35.0 Å². The summed E-state index contributed by atoms with van der Waals surface area (Å²) in [5.74, 6) is 0.991. The van der Waals surface area contributed by atoms with Crippen molar-refractivity contribution in [1.82, 2.24) is 4.57 Å². The number of methoxy groups -OCH3 is 2. The quantitative estimate of drug-likeness (QED) is 0.429. The van der Waals surface area contributed by atoms with E-state index in [2.05, 4.69) is 24.5 Å². The van der Waals surface area contributed by atoms with Crippen LogP contribution < -0.4 is 14.9 Å². The third kappa shape index (κ3) is 4.14. The number of benzene rings is 1. The molecule has 2 aliphatic rings. The topological polar surface area (TPSA) is 76.0 Å². The number of nitrogens with zero attached hydrogens (tertiary/aromatic N) is 1. The van der Waals surface area contributed by atoms with Crippen molar-refractivity contribution >= 4 is 5.97 Å². The third-order valence-corrected chi connectivity index (χ3v) is 6.92. The highest BCUT2D eigenvalue weighted by Crippen LogP contribution is 2.59. The van der Waals surface area contributed by atoms with Crippen LogP contribution in [0.3, 0.4) is 0 Å². The van der Waals surface area contributed by atoms with Crippen molar-refractivity contribution in [2.45, 2.75) is 52.0 Å². The number of ether oxygens (including phenoxy) is 4. The smallest absolute Gasteiger partial charge is 0.343 e. The van der Waals surface area contributed by atoms with Gasteiger partial charge in [-0.2, -0.15) is 0 Å². The second-order valence-electron chi connectivity index (χ2n) is 9.43. The molecule has 2 aromatic rings. The third-order valence-electron chi connectivity index (χ3n) is 6.92. The Labute approximate surface area is 194 Å². The van der Waals surface area contributed by atoms with E-state index < -0.39 is 5.97 Å². The highest BCUT2D eigenvalue weighted by Gasteiger charge is 2.47. The van der Waals surface area contributed by atoms with Gasteiger partial charge < -0.3 is 23.5 Å². The monoisotopic (exact) mass is 455 g/mol. The maximum absolute atomic E-state index is 12.9. The molecule has 1 aliphatic carbocycles. The largest absolute Gasteiger partial charge is 0.493 e. The number of fused-ring (bicyclic) bond motifs is 6. The van der Waals surface area contributed by atoms with Gasteiger partial charge in [-0.3, -0.25) is 4.79 Å². The average Bonchev–Trinajstić information content (AvgIpc) is 3.11. The van der Waals surface area contributed by atoms with Gasteiger partial charge in [0.2, 0.25) is 0 Å². The minimum absolute atomic E-state index is 0.00246. The fourth-order valence-electron chi connectivity index (χ4n) is 5.39. The predicted molar refractivity (Wildman–Crippen MR) is 125 cm³/mol. The fourth-order valence-corrected chi connectivity index (χ4v) is 5.39. The van der Waals surface area contributed by atoms with Gasteiger partial charge in [-0.15, -0.1) is 0 Å². The summed E-state index contributed by atoms with van der Waals surface area (Å²) in [6, 6.07) is 5.71. The fraction of sp³-hybridized carbons (Fsp3) is 0.538. The Hall–Kier alpha value is -2.80. The summed E-state index contributed by atoms with van der Waals surface area (Å²) in [6.45, 7) is 7.62. The number of hydrogen-bond donors (Lipinski definition) is 0. The van der Waals surface area contributed by atoms with Crippen molar-refractivity contribution in [3.8, 4) is 22.8 Å². The average molecular weight is 456 g/mol. The van der Waals surface area contributed by atoms with Crippen molar-refractivity contribution in [3.63, 3.8) is 0 Å². The summed E-state index contributed by atoms with van der Waals surface area (Å²) in [6.07, 6.45) is 4.54. The van der Waals surface area contributed by atoms with Gasteiger partial charge in [-0.05, 0) is 42.9 Å². The summed E-state index contributed by atoms with van der Waals surface area (Å²) < 4.78 is 24.1. The number of carbonyl (C=O) groups excluding carboxylic acids is 1. The van der Waals surface area contributed by atoms with E-state index in [1.54, 1.807) is 33.4 Å². The Morgan fingerprint density at radius 1 is 1.15 bits per heavy atom. The molecule has 2 heterocycles. The number of esters is 1. The van der Waals surface area contributed by atoms with E-state index in [9.17, 15) is 9.59 Å². The summed E-state index contributed by atoms with van der Waals surface area (Å²) in [4.78, 5) is 25.4. The number of rotatable bonds is 8. The molecule has 33 heavy (non-hydrogen) atoms. The maximum atomic E-state index is 12.9. The van der Waals surface area contributed by atoms with Crippen LogP contribution in [0, 0.1) is 5.41 Å². The van der Waals surface area contributed by atoms with E-state index in [4.69, 9.17) is 18.9 Å². The number of aromatic nitrogens is 1. The van der Waals surface area contributed by atoms with Crippen molar-refractivity contribution in [2.75, 3.05) is 34.0 Å². The van der Waals surface area contributed by atoms with Crippen molar-refractivity contribution in [2.24, 2.45) is 5.41 Å². The van der Waals surface area contributed by atoms with E-state index in [0.717, 1.165) is 36.1 Å². The molecule has 7 heteroatoms. The second-order valence-corrected chi connectivity index (χ2v) is 9.43.